The van der Waals surface area contributed by atoms with Gasteiger partial charge in [0, 0.05) is 38.1 Å². The molecule has 0 spiro atoms. The summed E-state index contributed by atoms with van der Waals surface area (Å²) in [7, 11) is -3.74. The Labute approximate surface area is 207 Å². The number of nitrogens with zero attached hydrogens (tertiary/aromatic N) is 4. The van der Waals surface area contributed by atoms with Crippen molar-refractivity contribution < 1.29 is 13.2 Å². The summed E-state index contributed by atoms with van der Waals surface area (Å²) in [6, 6.07) is 18.3. The second-order valence-electron chi connectivity index (χ2n) is 8.78. The first kappa shape index (κ1) is 24.7. The van der Waals surface area contributed by atoms with Crippen molar-refractivity contribution in [3.8, 4) is 0 Å². The van der Waals surface area contributed by atoms with Crippen molar-refractivity contribution >= 4 is 27.4 Å². The number of amides is 1. The van der Waals surface area contributed by atoms with Crippen molar-refractivity contribution in [3.05, 3.63) is 78.8 Å². The number of carbonyl (C=O) groups excluding carboxylic acids is 1. The van der Waals surface area contributed by atoms with E-state index in [4.69, 9.17) is 0 Å². The molecule has 8 nitrogen and oxygen atoms in total. The highest BCUT2D eigenvalue weighted by Gasteiger charge is 2.31. The van der Waals surface area contributed by atoms with Crippen LogP contribution in [0, 0.1) is 5.92 Å². The molecular weight excluding hydrogens is 462 g/mol. The minimum Gasteiger partial charge on any atom is -0.368 e. The number of benzene rings is 2. The first-order chi connectivity index (χ1) is 16.9. The number of sulfonamides is 1. The van der Waals surface area contributed by atoms with Gasteiger partial charge in [-0.3, -0.25) is 9.52 Å². The largest absolute Gasteiger partial charge is 0.368 e. The van der Waals surface area contributed by atoms with Gasteiger partial charge in [-0.15, -0.1) is 0 Å². The van der Waals surface area contributed by atoms with Gasteiger partial charge in [0.15, 0.2) is 0 Å². The van der Waals surface area contributed by atoms with Gasteiger partial charge in [-0.2, -0.15) is 0 Å². The average molecular weight is 494 g/mol. The zero-order valence-corrected chi connectivity index (χ0v) is 20.9. The van der Waals surface area contributed by atoms with Crippen molar-refractivity contribution in [2.24, 2.45) is 5.92 Å². The van der Waals surface area contributed by atoms with Crippen molar-refractivity contribution in [2.75, 3.05) is 35.8 Å². The molecule has 2 aromatic carbocycles. The molecule has 4 rings (SSSR count). The van der Waals surface area contributed by atoms with Crippen LogP contribution in [0.3, 0.4) is 0 Å². The lowest BCUT2D eigenvalue weighted by molar-refractivity contribution is -0.134. The molecule has 184 valence electrons. The summed E-state index contributed by atoms with van der Waals surface area (Å²) < 4.78 is 27.7. The van der Waals surface area contributed by atoms with E-state index in [2.05, 4.69) is 33.4 Å². The highest BCUT2D eigenvalue weighted by atomic mass is 32.2. The van der Waals surface area contributed by atoms with Crippen molar-refractivity contribution in [1.82, 2.24) is 14.9 Å². The molecule has 1 fully saturated rings. The number of hydrogen-bond acceptors (Lipinski definition) is 6. The molecule has 9 heteroatoms. The Hall–Kier alpha value is -3.46. The molecular formula is C26H31N5O3S. The first-order valence-electron chi connectivity index (χ1n) is 11.9. The van der Waals surface area contributed by atoms with Gasteiger partial charge in [0.2, 0.25) is 5.91 Å². The Morgan fingerprint density at radius 1 is 1.00 bits per heavy atom. The van der Waals surface area contributed by atoms with Gasteiger partial charge in [0.25, 0.3) is 10.0 Å². The zero-order chi connectivity index (χ0) is 24.8. The maximum Gasteiger partial charge on any atom is 0.263 e. The summed E-state index contributed by atoms with van der Waals surface area (Å²) in [4.78, 5) is 25.5. The summed E-state index contributed by atoms with van der Waals surface area (Å²) in [6.45, 7) is 6.92. The Kier molecular flexibility index (Phi) is 7.65. The minimum atomic E-state index is -3.74. The smallest absolute Gasteiger partial charge is 0.263 e. The van der Waals surface area contributed by atoms with Gasteiger partial charge in [-0.25, -0.2) is 18.4 Å². The van der Waals surface area contributed by atoms with Crippen LogP contribution < -0.4 is 9.62 Å². The Morgan fingerprint density at radius 3 is 2.29 bits per heavy atom. The SMILES string of the molecule is CCC(C)C(C(=O)N1CCN(c2ccc(S(=O)(=O)Nc3ccncn3)cc2)CC1)c1ccccc1. The van der Waals surface area contributed by atoms with E-state index >= 15 is 0 Å². The zero-order valence-electron chi connectivity index (χ0n) is 20.0. The number of piperazine rings is 1. The molecule has 2 unspecified atom stereocenters. The van der Waals surface area contributed by atoms with Crippen LogP contribution in [-0.4, -0.2) is 55.4 Å². The summed E-state index contributed by atoms with van der Waals surface area (Å²) in [6.07, 6.45) is 3.70. The second kappa shape index (κ2) is 10.9. The Morgan fingerprint density at radius 2 is 1.69 bits per heavy atom. The van der Waals surface area contributed by atoms with Crippen LogP contribution >= 0.6 is 0 Å². The van der Waals surface area contributed by atoms with E-state index in [1.54, 1.807) is 24.3 Å². The first-order valence-corrected chi connectivity index (χ1v) is 13.3. The fraction of sp³-hybridized carbons (Fsp3) is 0.346. The van der Waals surface area contributed by atoms with Crippen LogP contribution in [0.2, 0.25) is 0 Å². The average Bonchev–Trinajstić information content (AvgIpc) is 2.90. The monoisotopic (exact) mass is 493 g/mol. The third-order valence-corrected chi connectivity index (χ3v) is 7.93. The third kappa shape index (κ3) is 5.79. The lowest BCUT2D eigenvalue weighted by Gasteiger charge is -2.38. The molecule has 1 N–H and O–H groups in total. The van der Waals surface area contributed by atoms with E-state index in [0.717, 1.165) is 17.7 Å². The summed E-state index contributed by atoms with van der Waals surface area (Å²) >= 11 is 0. The fourth-order valence-electron chi connectivity index (χ4n) is 4.38. The van der Waals surface area contributed by atoms with E-state index in [0.29, 0.717) is 26.2 Å². The van der Waals surface area contributed by atoms with Gasteiger partial charge < -0.3 is 9.80 Å². The second-order valence-corrected chi connectivity index (χ2v) is 10.5. The fourth-order valence-corrected chi connectivity index (χ4v) is 5.38. The van der Waals surface area contributed by atoms with E-state index in [9.17, 15) is 13.2 Å². The van der Waals surface area contributed by atoms with Crippen LogP contribution in [-0.2, 0) is 14.8 Å². The van der Waals surface area contributed by atoms with Gasteiger partial charge in [-0.05, 0) is 41.8 Å². The van der Waals surface area contributed by atoms with E-state index in [1.807, 2.05) is 35.2 Å². The number of rotatable bonds is 8. The van der Waals surface area contributed by atoms with Crippen molar-refractivity contribution in [1.29, 1.82) is 0 Å². The Bertz CT molecular complexity index is 1210. The molecule has 1 aromatic heterocycles. The quantitative estimate of drug-likeness (QED) is 0.513. The van der Waals surface area contributed by atoms with Crippen LogP contribution in [0.1, 0.15) is 31.7 Å². The molecule has 0 saturated carbocycles. The summed E-state index contributed by atoms with van der Waals surface area (Å²) in [5.74, 6) is 0.520. The normalized spacial score (nSPS) is 15.9. The molecule has 3 aromatic rings. The summed E-state index contributed by atoms with van der Waals surface area (Å²) in [5.41, 5.74) is 2.00. The number of hydrogen-bond donors (Lipinski definition) is 1. The number of anilines is 2. The maximum absolute atomic E-state index is 13.5. The summed E-state index contributed by atoms with van der Waals surface area (Å²) in [5, 5.41) is 0. The topological polar surface area (TPSA) is 95.5 Å². The van der Waals surface area contributed by atoms with Crippen LogP contribution in [0.25, 0.3) is 0 Å². The molecule has 1 amide bonds. The lowest BCUT2D eigenvalue weighted by atomic mass is 9.84. The molecule has 1 aliphatic heterocycles. The van der Waals surface area contributed by atoms with E-state index < -0.39 is 10.0 Å². The standard InChI is InChI=1S/C26H31N5O3S/c1-3-20(2)25(21-7-5-4-6-8-21)26(32)31-17-15-30(16-18-31)22-9-11-23(12-10-22)35(33,34)29-24-13-14-27-19-28-24/h4-14,19-20,25H,3,15-18H2,1-2H3,(H,27,28,29). The predicted octanol–water partition coefficient (Wildman–Crippen LogP) is 3.76. The highest BCUT2D eigenvalue weighted by Crippen LogP contribution is 2.30. The molecule has 1 saturated heterocycles. The van der Waals surface area contributed by atoms with Gasteiger partial charge in [0.05, 0.1) is 10.8 Å². The van der Waals surface area contributed by atoms with E-state index in [1.165, 1.54) is 18.6 Å². The molecule has 0 aliphatic carbocycles. The van der Waals surface area contributed by atoms with Crippen LogP contribution in [0.5, 0.6) is 0 Å². The number of nitrogens with one attached hydrogen (secondary N) is 1. The molecule has 0 radical (unpaired) electrons. The molecule has 35 heavy (non-hydrogen) atoms. The lowest BCUT2D eigenvalue weighted by Crippen LogP contribution is -2.50. The van der Waals surface area contributed by atoms with Crippen LogP contribution in [0.15, 0.2) is 78.1 Å². The Balaban J connectivity index is 1.40. The van der Waals surface area contributed by atoms with Crippen LogP contribution in [0.4, 0.5) is 11.5 Å². The van der Waals surface area contributed by atoms with Crippen molar-refractivity contribution in [2.45, 2.75) is 31.1 Å². The molecule has 2 atom stereocenters. The van der Waals surface area contributed by atoms with Gasteiger partial charge >= 0.3 is 0 Å². The minimum absolute atomic E-state index is 0.139. The number of aromatic nitrogens is 2. The van der Waals surface area contributed by atoms with Crippen molar-refractivity contribution in [3.63, 3.8) is 0 Å². The maximum atomic E-state index is 13.5. The predicted molar refractivity (Wildman–Crippen MR) is 137 cm³/mol. The molecule has 1 aliphatic rings. The van der Waals surface area contributed by atoms with Gasteiger partial charge in [0.1, 0.15) is 12.1 Å². The molecule has 2 heterocycles. The number of carbonyl (C=O) groups is 1. The van der Waals surface area contributed by atoms with E-state index in [-0.39, 0.29) is 28.5 Å². The highest BCUT2D eigenvalue weighted by molar-refractivity contribution is 7.92. The third-order valence-electron chi connectivity index (χ3n) is 6.56. The molecule has 0 bridgehead atoms. The van der Waals surface area contributed by atoms with Gasteiger partial charge in [-0.1, -0.05) is 50.6 Å².